The van der Waals surface area contributed by atoms with Crippen LogP contribution >= 0.6 is 0 Å². The number of rotatable bonds is 3. The van der Waals surface area contributed by atoms with Crippen molar-refractivity contribution in [3.8, 4) is 34.3 Å². The van der Waals surface area contributed by atoms with Crippen LogP contribution in [0.2, 0.25) is 0 Å². The van der Waals surface area contributed by atoms with E-state index in [4.69, 9.17) is 0 Å². The molecule has 3 aromatic carbocycles. The van der Waals surface area contributed by atoms with E-state index in [9.17, 15) is 20.4 Å². The molecule has 0 spiro atoms. The molecule has 6 heteroatoms. The summed E-state index contributed by atoms with van der Waals surface area (Å²) in [6, 6.07) is 16.1. The Bertz CT molecular complexity index is 1120. The van der Waals surface area contributed by atoms with Gasteiger partial charge in [-0.25, -0.2) is 0 Å². The average Bonchev–Trinajstić information content (AvgIpc) is 2.92. The Hall–Kier alpha value is -3.67. The topological polar surface area (TPSA) is 98.7 Å². The van der Waals surface area contributed by atoms with E-state index >= 15 is 0 Å². The quantitative estimate of drug-likeness (QED) is 0.454. The molecule has 26 heavy (non-hydrogen) atoms. The molecule has 0 atom stereocenters. The SMILES string of the molecule is Oc1cccc(Cn2nc(-c3ccc(O)cc3O)c3ccc(O)cc32)c1. The molecule has 130 valence electrons. The number of phenolic OH excluding ortho intramolecular Hbond substituents is 4. The Morgan fingerprint density at radius 1 is 0.769 bits per heavy atom. The van der Waals surface area contributed by atoms with Crippen molar-refractivity contribution in [2.24, 2.45) is 0 Å². The summed E-state index contributed by atoms with van der Waals surface area (Å²) < 4.78 is 1.70. The van der Waals surface area contributed by atoms with Gasteiger partial charge in [0.1, 0.15) is 28.7 Å². The van der Waals surface area contributed by atoms with Crippen molar-refractivity contribution in [3.05, 3.63) is 66.2 Å². The number of aromatic nitrogens is 2. The first-order valence-electron chi connectivity index (χ1n) is 8.01. The summed E-state index contributed by atoms with van der Waals surface area (Å²) in [7, 11) is 0. The Kier molecular flexibility index (Phi) is 3.65. The summed E-state index contributed by atoms with van der Waals surface area (Å²) in [6.07, 6.45) is 0. The molecular weight excluding hydrogens is 332 g/mol. The Morgan fingerprint density at radius 3 is 2.27 bits per heavy atom. The molecule has 0 aliphatic rings. The molecule has 0 fully saturated rings. The van der Waals surface area contributed by atoms with E-state index < -0.39 is 0 Å². The van der Waals surface area contributed by atoms with Crippen molar-refractivity contribution < 1.29 is 20.4 Å². The zero-order valence-corrected chi connectivity index (χ0v) is 13.7. The molecule has 4 N–H and O–H groups in total. The van der Waals surface area contributed by atoms with Crippen LogP contribution < -0.4 is 0 Å². The first kappa shape index (κ1) is 15.8. The van der Waals surface area contributed by atoms with Crippen LogP contribution in [0.4, 0.5) is 0 Å². The first-order valence-corrected chi connectivity index (χ1v) is 8.01. The monoisotopic (exact) mass is 348 g/mol. The van der Waals surface area contributed by atoms with Gasteiger partial charge in [0.15, 0.2) is 0 Å². The minimum Gasteiger partial charge on any atom is -0.508 e. The molecule has 0 amide bonds. The van der Waals surface area contributed by atoms with Crippen LogP contribution in [-0.2, 0) is 6.54 Å². The zero-order valence-electron chi connectivity index (χ0n) is 13.7. The van der Waals surface area contributed by atoms with Gasteiger partial charge in [0.05, 0.1) is 12.1 Å². The Morgan fingerprint density at radius 2 is 1.50 bits per heavy atom. The third kappa shape index (κ3) is 2.77. The average molecular weight is 348 g/mol. The van der Waals surface area contributed by atoms with Crippen LogP contribution in [0.5, 0.6) is 23.0 Å². The number of fused-ring (bicyclic) bond motifs is 1. The van der Waals surface area contributed by atoms with Gasteiger partial charge in [0.25, 0.3) is 0 Å². The highest BCUT2D eigenvalue weighted by Crippen LogP contribution is 2.36. The van der Waals surface area contributed by atoms with E-state index in [1.54, 1.807) is 47.1 Å². The van der Waals surface area contributed by atoms with E-state index in [0.29, 0.717) is 23.3 Å². The zero-order chi connectivity index (χ0) is 18.3. The fourth-order valence-electron chi connectivity index (χ4n) is 3.03. The van der Waals surface area contributed by atoms with Gasteiger partial charge in [-0.1, -0.05) is 12.1 Å². The highest BCUT2D eigenvalue weighted by atomic mass is 16.3. The molecule has 0 aliphatic carbocycles. The number of aromatic hydroxyl groups is 4. The first-order chi connectivity index (χ1) is 12.5. The van der Waals surface area contributed by atoms with Crippen LogP contribution in [-0.4, -0.2) is 30.2 Å². The van der Waals surface area contributed by atoms with Gasteiger partial charge in [0, 0.05) is 23.1 Å². The van der Waals surface area contributed by atoms with Gasteiger partial charge in [-0.05, 0) is 42.0 Å². The summed E-state index contributed by atoms with van der Waals surface area (Å²) >= 11 is 0. The predicted octanol–water partition coefficient (Wildman–Crippen LogP) is 3.57. The van der Waals surface area contributed by atoms with Crippen molar-refractivity contribution in [2.75, 3.05) is 0 Å². The van der Waals surface area contributed by atoms with E-state index in [1.807, 2.05) is 6.07 Å². The lowest BCUT2D eigenvalue weighted by molar-refractivity contribution is 0.451. The highest BCUT2D eigenvalue weighted by molar-refractivity contribution is 5.95. The van der Waals surface area contributed by atoms with Crippen LogP contribution in [0, 0.1) is 0 Å². The maximum atomic E-state index is 10.2. The standard InChI is InChI=1S/C20H16N2O4/c23-13-3-1-2-12(8-13)11-22-18-9-14(24)4-6-16(18)20(21-22)17-7-5-15(25)10-19(17)26/h1-10,23-26H,11H2. The Labute approximate surface area is 148 Å². The second-order valence-corrected chi connectivity index (χ2v) is 6.08. The van der Waals surface area contributed by atoms with E-state index in [2.05, 4.69) is 5.10 Å². The van der Waals surface area contributed by atoms with Gasteiger partial charge in [-0.2, -0.15) is 5.10 Å². The maximum Gasteiger partial charge on any atom is 0.128 e. The number of hydrogen-bond acceptors (Lipinski definition) is 5. The van der Waals surface area contributed by atoms with Gasteiger partial charge >= 0.3 is 0 Å². The Balaban J connectivity index is 1.89. The fraction of sp³-hybridized carbons (Fsp3) is 0.0500. The summed E-state index contributed by atoms with van der Waals surface area (Å²) in [5, 5.41) is 44.6. The molecule has 4 rings (SSSR count). The summed E-state index contributed by atoms with van der Waals surface area (Å²) in [4.78, 5) is 0. The molecular formula is C20H16N2O4. The lowest BCUT2D eigenvalue weighted by atomic mass is 10.1. The second kappa shape index (κ2) is 6.00. The third-order valence-corrected chi connectivity index (χ3v) is 4.21. The highest BCUT2D eigenvalue weighted by Gasteiger charge is 2.16. The molecule has 0 bridgehead atoms. The third-order valence-electron chi connectivity index (χ3n) is 4.21. The largest absolute Gasteiger partial charge is 0.508 e. The lowest BCUT2D eigenvalue weighted by Gasteiger charge is -2.05. The molecule has 0 saturated heterocycles. The predicted molar refractivity (Wildman–Crippen MR) is 97.4 cm³/mol. The molecule has 6 nitrogen and oxygen atoms in total. The smallest absolute Gasteiger partial charge is 0.128 e. The minimum atomic E-state index is -0.0815. The molecule has 0 unspecified atom stereocenters. The van der Waals surface area contributed by atoms with Gasteiger partial charge in [-0.15, -0.1) is 0 Å². The maximum absolute atomic E-state index is 10.2. The summed E-state index contributed by atoms with van der Waals surface area (Å²) in [6.45, 7) is 0.382. The summed E-state index contributed by atoms with van der Waals surface area (Å²) in [5.41, 5.74) is 2.56. The molecule has 1 heterocycles. The van der Waals surface area contributed by atoms with Gasteiger partial charge < -0.3 is 20.4 Å². The minimum absolute atomic E-state index is 0.0348. The number of phenols is 4. The van der Waals surface area contributed by atoms with Gasteiger partial charge in [-0.3, -0.25) is 4.68 Å². The second-order valence-electron chi connectivity index (χ2n) is 6.08. The van der Waals surface area contributed by atoms with Crippen LogP contribution in [0.3, 0.4) is 0 Å². The van der Waals surface area contributed by atoms with Crippen molar-refractivity contribution in [2.45, 2.75) is 6.54 Å². The summed E-state index contributed by atoms with van der Waals surface area (Å²) in [5.74, 6) is 0.156. The van der Waals surface area contributed by atoms with E-state index in [0.717, 1.165) is 10.9 Å². The molecule has 0 radical (unpaired) electrons. The number of nitrogens with zero attached hydrogens (tertiary/aromatic N) is 2. The van der Waals surface area contributed by atoms with Crippen LogP contribution in [0.15, 0.2) is 60.7 Å². The van der Waals surface area contributed by atoms with Crippen molar-refractivity contribution in [1.29, 1.82) is 0 Å². The van der Waals surface area contributed by atoms with Crippen LogP contribution in [0.1, 0.15) is 5.56 Å². The number of benzene rings is 3. The van der Waals surface area contributed by atoms with E-state index in [-0.39, 0.29) is 23.0 Å². The van der Waals surface area contributed by atoms with Gasteiger partial charge in [0.2, 0.25) is 0 Å². The molecule has 1 aromatic heterocycles. The van der Waals surface area contributed by atoms with Crippen LogP contribution in [0.25, 0.3) is 22.2 Å². The van der Waals surface area contributed by atoms with Crippen molar-refractivity contribution in [1.82, 2.24) is 9.78 Å². The van der Waals surface area contributed by atoms with E-state index in [1.165, 1.54) is 12.1 Å². The number of hydrogen-bond donors (Lipinski definition) is 4. The van der Waals surface area contributed by atoms with Crippen molar-refractivity contribution >= 4 is 10.9 Å². The lowest BCUT2D eigenvalue weighted by Crippen LogP contribution is -2.01. The normalized spacial score (nSPS) is 11.1. The molecule has 0 aliphatic heterocycles. The molecule has 0 saturated carbocycles. The molecule has 4 aromatic rings. The fourth-order valence-corrected chi connectivity index (χ4v) is 3.03. The van der Waals surface area contributed by atoms with Crippen molar-refractivity contribution in [3.63, 3.8) is 0 Å².